The van der Waals surface area contributed by atoms with Crippen LogP contribution < -0.4 is 4.74 Å². The highest BCUT2D eigenvalue weighted by Gasteiger charge is 2.30. The van der Waals surface area contributed by atoms with Gasteiger partial charge < -0.3 is 9.47 Å². The molecule has 0 N–H and O–H groups in total. The molecule has 0 unspecified atom stereocenters. The Bertz CT molecular complexity index is 906. The molecular weight excluding hydrogens is 369 g/mol. The van der Waals surface area contributed by atoms with Gasteiger partial charge in [-0.25, -0.2) is 9.78 Å². The lowest BCUT2D eigenvalue weighted by molar-refractivity contribution is -0.137. The molecule has 0 bridgehead atoms. The zero-order valence-corrected chi connectivity index (χ0v) is 14.1. The zero-order chi connectivity index (χ0) is 18.7. The Balaban J connectivity index is 1.73. The van der Waals surface area contributed by atoms with E-state index in [1.54, 1.807) is 17.5 Å². The number of thiazole rings is 1. The summed E-state index contributed by atoms with van der Waals surface area (Å²) in [7, 11) is 1.28. The first-order valence-electron chi connectivity index (χ1n) is 7.22. The van der Waals surface area contributed by atoms with Crippen molar-refractivity contribution in [3.63, 3.8) is 0 Å². The minimum atomic E-state index is -4.39. The lowest BCUT2D eigenvalue weighted by Gasteiger charge is -2.07. The molecule has 0 saturated carbocycles. The molecule has 3 aromatic rings. The molecule has 0 fully saturated rings. The second kappa shape index (κ2) is 7.12. The van der Waals surface area contributed by atoms with Crippen LogP contribution in [0.1, 0.15) is 15.9 Å². The first-order valence-corrected chi connectivity index (χ1v) is 8.10. The van der Waals surface area contributed by atoms with Gasteiger partial charge in [0, 0.05) is 11.6 Å². The first-order chi connectivity index (χ1) is 12.4. The van der Waals surface area contributed by atoms with Crippen molar-refractivity contribution in [2.24, 2.45) is 0 Å². The Morgan fingerprint density at radius 3 is 2.38 bits per heavy atom. The van der Waals surface area contributed by atoms with E-state index in [1.807, 2.05) is 0 Å². The van der Waals surface area contributed by atoms with Crippen LogP contribution in [0.3, 0.4) is 0 Å². The summed E-state index contributed by atoms with van der Waals surface area (Å²) in [5, 5.41) is 1.96. The van der Waals surface area contributed by atoms with Crippen LogP contribution in [-0.2, 0) is 10.9 Å². The molecule has 0 aliphatic carbocycles. The molecule has 26 heavy (non-hydrogen) atoms. The molecule has 1 aromatic carbocycles. The maximum absolute atomic E-state index is 12.6. The number of halogens is 3. The normalized spacial score (nSPS) is 11.2. The summed E-state index contributed by atoms with van der Waals surface area (Å²) in [5.41, 5.74) is 0.608. The average Bonchev–Trinajstić information content (AvgIpc) is 3.09. The minimum Gasteiger partial charge on any atom is -0.465 e. The van der Waals surface area contributed by atoms with Crippen molar-refractivity contribution in [3.05, 3.63) is 59.1 Å². The van der Waals surface area contributed by atoms with E-state index in [2.05, 4.69) is 14.7 Å². The number of rotatable bonds is 4. The van der Waals surface area contributed by atoms with Crippen molar-refractivity contribution in [2.45, 2.75) is 6.18 Å². The van der Waals surface area contributed by atoms with Crippen LogP contribution in [0.2, 0.25) is 0 Å². The Hall–Kier alpha value is -2.94. The third-order valence-electron chi connectivity index (χ3n) is 3.32. The molecule has 0 amide bonds. The van der Waals surface area contributed by atoms with E-state index in [1.165, 1.54) is 36.8 Å². The second-order valence-electron chi connectivity index (χ2n) is 5.05. The molecule has 2 heterocycles. The molecule has 0 atom stereocenters. The number of hydrogen-bond donors (Lipinski definition) is 0. The van der Waals surface area contributed by atoms with Crippen molar-refractivity contribution >= 4 is 17.3 Å². The fraction of sp³-hybridized carbons (Fsp3) is 0.118. The zero-order valence-electron chi connectivity index (χ0n) is 13.3. The maximum atomic E-state index is 12.6. The van der Waals surface area contributed by atoms with Crippen molar-refractivity contribution in [3.8, 4) is 22.3 Å². The number of pyridine rings is 1. The number of ether oxygens (including phenoxy) is 2. The smallest absolute Gasteiger partial charge is 0.416 e. The third kappa shape index (κ3) is 3.99. The Labute approximate surface area is 150 Å². The standard InChI is InChI=1S/C17H11F3N2O3S/c1-24-15(23)10-2-7-13(21-8-10)14-9-26-16(22-14)25-12-5-3-11(4-6-12)17(18,19)20/h2-9H,1H3. The largest absolute Gasteiger partial charge is 0.465 e. The highest BCUT2D eigenvalue weighted by atomic mass is 32.1. The molecule has 0 radical (unpaired) electrons. The van der Waals surface area contributed by atoms with Crippen LogP contribution in [0.4, 0.5) is 13.2 Å². The summed E-state index contributed by atoms with van der Waals surface area (Å²) in [4.78, 5) is 19.8. The highest BCUT2D eigenvalue weighted by Crippen LogP contribution is 2.33. The SMILES string of the molecule is COC(=O)c1ccc(-c2csc(Oc3ccc(C(F)(F)F)cc3)n2)nc1. The van der Waals surface area contributed by atoms with Crippen LogP contribution in [0, 0.1) is 0 Å². The molecule has 0 aliphatic heterocycles. The highest BCUT2D eigenvalue weighted by molar-refractivity contribution is 7.11. The van der Waals surface area contributed by atoms with Gasteiger partial charge in [-0.15, -0.1) is 0 Å². The lowest BCUT2D eigenvalue weighted by Crippen LogP contribution is -2.03. The molecule has 9 heteroatoms. The quantitative estimate of drug-likeness (QED) is 0.609. The minimum absolute atomic E-state index is 0.243. The van der Waals surface area contributed by atoms with Crippen LogP contribution in [0.15, 0.2) is 48.0 Å². The summed E-state index contributed by atoms with van der Waals surface area (Å²) in [6.45, 7) is 0. The predicted octanol–water partition coefficient (Wildman–Crippen LogP) is 4.80. The van der Waals surface area contributed by atoms with Gasteiger partial charge in [0.1, 0.15) is 11.4 Å². The van der Waals surface area contributed by atoms with Gasteiger partial charge in [-0.2, -0.15) is 13.2 Å². The maximum Gasteiger partial charge on any atom is 0.416 e. The van der Waals surface area contributed by atoms with Gasteiger partial charge in [-0.1, -0.05) is 11.3 Å². The number of alkyl halides is 3. The number of benzene rings is 1. The summed E-state index contributed by atoms with van der Waals surface area (Å²) >= 11 is 1.18. The lowest BCUT2D eigenvalue weighted by atomic mass is 10.2. The monoisotopic (exact) mass is 380 g/mol. The van der Waals surface area contributed by atoms with Gasteiger partial charge in [-0.3, -0.25) is 4.98 Å². The number of aromatic nitrogens is 2. The van der Waals surface area contributed by atoms with E-state index in [4.69, 9.17) is 4.74 Å². The number of methoxy groups -OCH3 is 1. The van der Waals surface area contributed by atoms with Gasteiger partial charge in [-0.05, 0) is 36.4 Å². The van der Waals surface area contributed by atoms with Crippen LogP contribution in [-0.4, -0.2) is 23.0 Å². The van der Waals surface area contributed by atoms with Gasteiger partial charge >= 0.3 is 12.1 Å². The average molecular weight is 380 g/mol. The second-order valence-corrected chi connectivity index (χ2v) is 5.87. The Morgan fingerprint density at radius 2 is 1.81 bits per heavy atom. The fourth-order valence-corrected chi connectivity index (χ4v) is 2.70. The van der Waals surface area contributed by atoms with Gasteiger partial charge in [0.2, 0.25) is 0 Å². The van der Waals surface area contributed by atoms with E-state index < -0.39 is 17.7 Å². The molecule has 3 rings (SSSR count). The summed E-state index contributed by atoms with van der Waals surface area (Å²) < 4.78 is 47.7. The van der Waals surface area contributed by atoms with Crippen LogP contribution >= 0.6 is 11.3 Å². The molecule has 0 spiro atoms. The van der Waals surface area contributed by atoms with E-state index >= 15 is 0 Å². The molecule has 134 valence electrons. The molecule has 0 saturated heterocycles. The van der Waals surface area contributed by atoms with E-state index in [0.29, 0.717) is 17.0 Å². The Morgan fingerprint density at radius 1 is 1.08 bits per heavy atom. The van der Waals surface area contributed by atoms with Gasteiger partial charge in [0.15, 0.2) is 0 Å². The van der Waals surface area contributed by atoms with Gasteiger partial charge in [0.25, 0.3) is 5.19 Å². The number of carbonyl (C=O) groups is 1. The molecule has 0 aliphatic rings. The van der Waals surface area contributed by atoms with E-state index in [9.17, 15) is 18.0 Å². The van der Waals surface area contributed by atoms with Crippen molar-refractivity contribution in [1.29, 1.82) is 0 Å². The number of hydrogen-bond acceptors (Lipinski definition) is 6. The molecule has 5 nitrogen and oxygen atoms in total. The third-order valence-corrected chi connectivity index (χ3v) is 4.03. The van der Waals surface area contributed by atoms with E-state index in [-0.39, 0.29) is 10.9 Å². The fourth-order valence-electron chi connectivity index (χ4n) is 2.02. The number of esters is 1. The molecular formula is C17H11F3N2O3S. The number of nitrogens with zero attached hydrogens (tertiary/aromatic N) is 2. The predicted molar refractivity (Wildman–Crippen MR) is 88.2 cm³/mol. The van der Waals surface area contributed by atoms with Crippen molar-refractivity contribution in [1.82, 2.24) is 9.97 Å². The Kier molecular flexibility index (Phi) is 4.90. The van der Waals surface area contributed by atoms with Crippen molar-refractivity contribution < 1.29 is 27.4 Å². The van der Waals surface area contributed by atoms with Crippen molar-refractivity contribution in [2.75, 3.05) is 7.11 Å². The van der Waals surface area contributed by atoms with Gasteiger partial charge in [0.05, 0.1) is 23.9 Å². The summed E-state index contributed by atoms with van der Waals surface area (Å²) in [5.74, 6) is -0.249. The summed E-state index contributed by atoms with van der Waals surface area (Å²) in [6, 6.07) is 7.52. The topological polar surface area (TPSA) is 61.3 Å². The number of carbonyl (C=O) groups excluding carboxylic acids is 1. The van der Waals surface area contributed by atoms with Crippen LogP contribution in [0.25, 0.3) is 11.4 Å². The molecule has 2 aromatic heterocycles. The first kappa shape index (κ1) is 17.9. The van der Waals surface area contributed by atoms with Crippen LogP contribution in [0.5, 0.6) is 10.9 Å². The van der Waals surface area contributed by atoms with E-state index in [0.717, 1.165) is 12.1 Å². The summed E-state index contributed by atoms with van der Waals surface area (Å²) in [6.07, 6.45) is -3.02.